The van der Waals surface area contributed by atoms with E-state index < -0.39 is 0 Å². The summed E-state index contributed by atoms with van der Waals surface area (Å²) in [6.07, 6.45) is 2.92. The van der Waals surface area contributed by atoms with Gasteiger partial charge < -0.3 is 19.2 Å². The number of nitrogens with zero attached hydrogens (tertiary/aromatic N) is 3. The summed E-state index contributed by atoms with van der Waals surface area (Å²) in [7, 11) is 3.23. The van der Waals surface area contributed by atoms with E-state index in [1.54, 1.807) is 14.2 Å². The Kier molecular flexibility index (Phi) is 5.67. The largest absolute Gasteiger partial charge is 0.497 e. The van der Waals surface area contributed by atoms with E-state index in [2.05, 4.69) is 15.3 Å². The summed E-state index contributed by atoms with van der Waals surface area (Å²) >= 11 is 1.38. The van der Waals surface area contributed by atoms with Gasteiger partial charge in [0.1, 0.15) is 17.1 Å². The first-order valence-corrected chi connectivity index (χ1v) is 10.4. The normalized spacial score (nSPS) is 10.9. The molecule has 1 N–H and O–H groups in total. The van der Waals surface area contributed by atoms with E-state index in [4.69, 9.17) is 9.47 Å². The summed E-state index contributed by atoms with van der Waals surface area (Å²) < 4.78 is 12.8. The molecule has 4 rings (SSSR count). The maximum atomic E-state index is 12.5. The Morgan fingerprint density at radius 1 is 1.17 bits per heavy atom. The predicted octanol–water partition coefficient (Wildman–Crippen LogP) is 4.35. The van der Waals surface area contributed by atoms with Crippen molar-refractivity contribution in [3.63, 3.8) is 0 Å². The number of ether oxygens (including phenoxy) is 2. The molecule has 0 saturated heterocycles. The maximum absolute atomic E-state index is 12.5. The molecule has 3 heterocycles. The molecule has 0 aliphatic heterocycles. The first-order valence-electron chi connectivity index (χ1n) is 9.49. The second kappa shape index (κ2) is 8.54. The number of carbonyl (C=O) groups excluding carboxylic acids is 1. The second-order valence-electron chi connectivity index (χ2n) is 6.73. The lowest BCUT2D eigenvalue weighted by Gasteiger charge is -2.08. The van der Waals surface area contributed by atoms with Gasteiger partial charge in [-0.15, -0.1) is 11.3 Å². The predicted molar refractivity (Wildman–Crippen MR) is 118 cm³/mol. The zero-order chi connectivity index (χ0) is 21.1. The van der Waals surface area contributed by atoms with Gasteiger partial charge in [0.25, 0.3) is 0 Å². The number of fused-ring (bicyclic) bond motifs is 1. The minimum Gasteiger partial charge on any atom is -0.497 e. The highest BCUT2D eigenvalue weighted by Crippen LogP contribution is 2.35. The van der Waals surface area contributed by atoms with E-state index in [1.807, 2.05) is 59.3 Å². The van der Waals surface area contributed by atoms with Gasteiger partial charge in [0.05, 0.1) is 25.6 Å². The minimum atomic E-state index is -0.0845. The van der Waals surface area contributed by atoms with Gasteiger partial charge in [-0.2, -0.15) is 0 Å². The van der Waals surface area contributed by atoms with Crippen LogP contribution in [-0.2, 0) is 11.2 Å². The highest BCUT2D eigenvalue weighted by molar-refractivity contribution is 7.14. The number of hydrogen-bond acceptors (Lipinski definition) is 6. The highest BCUT2D eigenvalue weighted by Gasteiger charge is 2.14. The number of rotatable bonds is 7. The number of benzene rings is 1. The standard InChI is InChI=1S/C22H22N4O3S/c1-14-18(26-11-5-4-6-20(26)23-14)8-10-21(27)25-22-24-17(13-30-22)16-12-15(28-2)7-9-19(16)29-3/h4-7,9,11-13H,8,10H2,1-3H3,(H,24,25,27). The van der Waals surface area contributed by atoms with Crippen molar-refractivity contribution < 1.29 is 14.3 Å². The molecule has 0 spiro atoms. The topological polar surface area (TPSA) is 77.8 Å². The fourth-order valence-corrected chi connectivity index (χ4v) is 4.07. The Hall–Kier alpha value is -3.39. The molecule has 0 saturated carbocycles. The summed E-state index contributed by atoms with van der Waals surface area (Å²) in [5.41, 5.74) is 4.41. The number of aromatic nitrogens is 3. The number of amides is 1. The van der Waals surface area contributed by atoms with Gasteiger partial charge in [0, 0.05) is 29.3 Å². The van der Waals surface area contributed by atoms with Gasteiger partial charge in [-0.05, 0) is 43.7 Å². The number of nitrogens with one attached hydrogen (secondary N) is 1. The van der Waals surface area contributed by atoms with Crippen LogP contribution in [0.4, 0.5) is 5.13 Å². The van der Waals surface area contributed by atoms with Crippen LogP contribution in [0.15, 0.2) is 48.0 Å². The molecule has 1 aromatic carbocycles. The maximum Gasteiger partial charge on any atom is 0.226 e. The molecule has 3 aromatic heterocycles. The molecule has 8 heteroatoms. The number of carbonyl (C=O) groups is 1. The first kappa shape index (κ1) is 19.9. The molecule has 30 heavy (non-hydrogen) atoms. The number of imidazole rings is 1. The number of aryl methyl sites for hydroxylation is 2. The van der Waals surface area contributed by atoms with Crippen molar-refractivity contribution in [2.75, 3.05) is 19.5 Å². The van der Waals surface area contributed by atoms with Crippen LogP contribution in [-0.4, -0.2) is 34.5 Å². The molecule has 1 amide bonds. The van der Waals surface area contributed by atoms with Gasteiger partial charge >= 0.3 is 0 Å². The Morgan fingerprint density at radius 2 is 2.03 bits per heavy atom. The quantitative estimate of drug-likeness (QED) is 0.479. The Labute approximate surface area is 178 Å². The highest BCUT2D eigenvalue weighted by atomic mass is 32.1. The van der Waals surface area contributed by atoms with Gasteiger partial charge in [-0.25, -0.2) is 9.97 Å². The molecule has 4 aromatic rings. The van der Waals surface area contributed by atoms with Crippen molar-refractivity contribution in [2.24, 2.45) is 0 Å². The molecule has 154 valence electrons. The van der Waals surface area contributed by atoms with E-state index in [-0.39, 0.29) is 5.91 Å². The Morgan fingerprint density at radius 3 is 2.83 bits per heavy atom. The molecule has 0 atom stereocenters. The third-order valence-corrected chi connectivity index (χ3v) is 5.61. The molecule has 0 aliphatic rings. The van der Waals surface area contributed by atoms with E-state index in [9.17, 15) is 4.79 Å². The van der Waals surface area contributed by atoms with Crippen molar-refractivity contribution in [1.82, 2.24) is 14.4 Å². The lowest BCUT2D eigenvalue weighted by Crippen LogP contribution is -2.13. The van der Waals surface area contributed by atoms with Crippen LogP contribution in [0.25, 0.3) is 16.9 Å². The van der Waals surface area contributed by atoms with Crippen molar-refractivity contribution in [3.8, 4) is 22.8 Å². The molecule has 7 nitrogen and oxygen atoms in total. The van der Waals surface area contributed by atoms with Crippen LogP contribution in [0.2, 0.25) is 0 Å². The van der Waals surface area contributed by atoms with E-state index >= 15 is 0 Å². The summed E-state index contributed by atoms with van der Waals surface area (Å²) in [5.74, 6) is 1.33. The number of thiazole rings is 1. The Bertz CT molecular complexity index is 1200. The number of methoxy groups -OCH3 is 2. The Balaban J connectivity index is 1.45. The average Bonchev–Trinajstić information content (AvgIpc) is 3.35. The van der Waals surface area contributed by atoms with Gasteiger partial charge in [0.2, 0.25) is 5.91 Å². The number of pyridine rings is 1. The molecule has 0 fully saturated rings. The second-order valence-corrected chi connectivity index (χ2v) is 7.58. The fraction of sp³-hybridized carbons (Fsp3) is 0.227. The van der Waals surface area contributed by atoms with Crippen molar-refractivity contribution in [2.45, 2.75) is 19.8 Å². The summed E-state index contributed by atoms with van der Waals surface area (Å²) in [5, 5.41) is 5.34. The van der Waals surface area contributed by atoms with Crippen LogP contribution >= 0.6 is 11.3 Å². The van der Waals surface area contributed by atoms with Crippen LogP contribution in [0.3, 0.4) is 0 Å². The SMILES string of the molecule is COc1ccc(OC)c(-c2csc(NC(=O)CCc3c(C)nc4ccccn34)n2)c1. The van der Waals surface area contributed by atoms with Crippen LogP contribution in [0.1, 0.15) is 17.8 Å². The third-order valence-electron chi connectivity index (χ3n) is 4.85. The van der Waals surface area contributed by atoms with Crippen LogP contribution in [0, 0.1) is 6.92 Å². The van der Waals surface area contributed by atoms with E-state index in [0.717, 1.165) is 28.3 Å². The van der Waals surface area contributed by atoms with Crippen molar-refractivity contribution in [1.29, 1.82) is 0 Å². The van der Waals surface area contributed by atoms with Crippen LogP contribution in [0.5, 0.6) is 11.5 Å². The van der Waals surface area contributed by atoms with Gasteiger partial charge in [0.15, 0.2) is 5.13 Å². The van der Waals surface area contributed by atoms with E-state index in [0.29, 0.717) is 29.5 Å². The smallest absolute Gasteiger partial charge is 0.226 e. The summed E-state index contributed by atoms with van der Waals surface area (Å²) in [6, 6.07) is 11.4. The van der Waals surface area contributed by atoms with Gasteiger partial charge in [-0.1, -0.05) is 6.07 Å². The zero-order valence-corrected chi connectivity index (χ0v) is 17.8. The third kappa shape index (κ3) is 3.99. The van der Waals surface area contributed by atoms with Crippen molar-refractivity contribution >= 4 is 28.0 Å². The number of hydrogen-bond donors (Lipinski definition) is 1. The lowest BCUT2D eigenvalue weighted by molar-refractivity contribution is -0.116. The lowest BCUT2D eigenvalue weighted by atomic mass is 10.1. The molecule has 0 aliphatic carbocycles. The number of anilines is 1. The summed E-state index contributed by atoms with van der Waals surface area (Å²) in [4.78, 5) is 21.6. The monoisotopic (exact) mass is 422 g/mol. The zero-order valence-electron chi connectivity index (χ0n) is 17.0. The molecular formula is C22H22N4O3S. The summed E-state index contributed by atoms with van der Waals surface area (Å²) in [6.45, 7) is 1.97. The molecular weight excluding hydrogens is 400 g/mol. The minimum absolute atomic E-state index is 0.0845. The van der Waals surface area contributed by atoms with Crippen molar-refractivity contribution in [3.05, 3.63) is 59.4 Å². The molecule has 0 bridgehead atoms. The molecule has 0 radical (unpaired) electrons. The van der Waals surface area contributed by atoms with E-state index in [1.165, 1.54) is 11.3 Å². The average molecular weight is 423 g/mol. The van der Waals surface area contributed by atoms with Crippen LogP contribution < -0.4 is 14.8 Å². The first-order chi connectivity index (χ1) is 14.6. The van der Waals surface area contributed by atoms with Gasteiger partial charge in [-0.3, -0.25) is 4.79 Å². The fourth-order valence-electron chi connectivity index (χ4n) is 3.35. The molecule has 0 unspecified atom stereocenters.